The molecule has 3 nitrogen and oxygen atoms in total. The zero-order valence-corrected chi connectivity index (χ0v) is 14.3. The van der Waals surface area contributed by atoms with E-state index in [0.29, 0.717) is 11.8 Å². The first-order valence-electron chi connectivity index (χ1n) is 8.25. The van der Waals surface area contributed by atoms with E-state index in [1.54, 1.807) is 6.07 Å². The maximum atomic E-state index is 9.98. The Hall–Kier alpha value is -1.06. The first kappa shape index (κ1) is 18.0. The standard InChI is InChI=1S/C18H32N2O/c1-6-20(7-2)12-8-9-15(4)19-16(5)17-13-14(3)10-11-18(17)21/h10-11,13,15-16,19,21H,6-9,12H2,1-5H3. The summed E-state index contributed by atoms with van der Waals surface area (Å²) < 4.78 is 0. The first-order chi connectivity index (χ1) is 9.97. The van der Waals surface area contributed by atoms with Gasteiger partial charge < -0.3 is 15.3 Å². The number of nitrogens with zero attached hydrogens (tertiary/aromatic N) is 1. The molecule has 0 aromatic heterocycles. The Morgan fingerprint density at radius 2 is 1.86 bits per heavy atom. The van der Waals surface area contributed by atoms with Crippen molar-refractivity contribution in [3.05, 3.63) is 29.3 Å². The molecule has 0 bridgehead atoms. The van der Waals surface area contributed by atoms with Gasteiger partial charge in [-0.1, -0.05) is 31.5 Å². The average Bonchev–Trinajstić information content (AvgIpc) is 2.46. The Labute approximate surface area is 130 Å². The predicted octanol–water partition coefficient (Wildman–Crippen LogP) is 3.86. The number of rotatable bonds is 9. The molecule has 0 fully saturated rings. The van der Waals surface area contributed by atoms with Crippen LogP contribution in [0.3, 0.4) is 0 Å². The van der Waals surface area contributed by atoms with Crippen LogP contribution >= 0.6 is 0 Å². The minimum absolute atomic E-state index is 0.174. The van der Waals surface area contributed by atoms with E-state index in [-0.39, 0.29) is 6.04 Å². The summed E-state index contributed by atoms with van der Waals surface area (Å²) in [6.45, 7) is 14.3. The Morgan fingerprint density at radius 1 is 1.19 bits per heavy atom. The lowest BCUT2D eigenvalue weighted by atomic mass is 10.0. The van der Waals surface area contributed by atoms with Gasteiger partial charge in [-0.05, 0) is 59.3 Å². The van der Waals surface area contributed by atoms with E-state index in [1.165, 1.54) is 18.5 Å². The highest BCUT2D eigenvalue weighted by Gasteiger charge is 2.13. The van der Waals surface area contributed by atoms with Crippen LogP contribution in [0.5, 0.6) is 5.75 Å². The molecule has 2 N–H and O–H groups in total. The summed E-state index contributed by atoms with van der Waals surface area (Å²) in [4.78, 5) is 2.46. The van der Waals surface area contributed by atoms with Gasteiger partial charge in [0.15, 0.2) is 0 Å². The lowest BCUT2D eigenvalue weighted by Crippen LogP contribution is -2.31. The van der Waals surface area contributed by atoms with E-state index in [0.717, 1.165) is 25.1 Å². The summed E-state index contributed by atoms with van der Waals surface area (Å²) in [6, 6.07) is 6.42. The number of nitrogens with one attached hydrogen (secondary N) is 1. The second kappa shape index (κ2) is 9.06. The number of hydrogen-bond acceptors (Lipinski definition) is 3. The number of hydrogen-bond donors (Lipinski definition) is 2. The quantitative estimate of drug-likeness (QED) is 0.725. The van der Waals surface area contributed by atoms with Gasteiger partial charge in [0, 0.05) is 17.6 Å². The Balaban J connectivity index is 2.43. The summed E-state index contributed by atoms with van der Waals surface area (Å²) in [5.41, 5.74) is 2.18. The van der Waals surface area contributed by atoms with Crippen molar-refractivity contribution in [2.75, 3.05) is 19.6 Å². The SMILES string of the molecule is CCN(CC)CCCC(C)NC(C)c1cc(C)ccc1O. The van der Waals surface area contributed by atoms with Gasteiger partial charge in [-0.15, -0.1) is 0 Å². The van der Waals surface area contributed by atoms with E-state index in [2.05, 4.69) is 50.9 Å². The molecule has 1 aromatic rings. The molecule has 1 rings (SSSR count). The Bertz CT molecular complexity index is 416. The Kier molecular flexibility index (Phi) is 7.76. The van der Waals surface area contributed by atoms with Crippen LogP contribution in [0.1, 0.15) is 57.7 Å². The molecule has 0 spiro atoms. The monoisotopic (exact) mass is 292 g/mol. The van der Waals surface area contributed by atoms with Gasteiger partial charge in [-0.25, -0.2) is 0 Å². The first-order valence-corrected chi connectivity index (χ1v) is 8.25. The van der Waals surface area contributed by atoms with Crippen molar-refractivity contribution in [3.8, 4) is 5.75 Å². The fourth-order valence-electron chi connectivity index (χ4n) is 2.78. The topological polar surface area (TPSA) is 35.5 Å². The van der Waals surface area contributed by atoms with Gasteiger partial charge in [-0.2, -0.15) is 0 Å². The van der Waals surface area contributed by atoms with Crippen LogP contribution in [0, 0.1) is 6.92 Å². The van der Waals surface area contributed by atoms with Crippen LogP contribution in [0.4, 0.5) is 0 Å². The summed E-state index contributed by atoms with van der Waals surface area (Å²) in [7, 11) is 0. The van der Waals surface area contributed by atoms with Gasteiger partial charge in [-0.3, -0.25) is 0 Å². The predicted molar refractivity (Wildman–Crippen MR) is 90.9 cm³/mol. The number of phenols is 1. The summed E-state index contributed by atoms with van der Waals surface area (Å²) in [6.07, 6.45) is 2.37. The molecule has 21 heavy (non-hydrogen) atoms. The molecule has 0 saturated heterocycles. The summed E-state index contributed by atoms with van der Waals surface area (Å²) in [5.74, 6) is 0.385. The van der Waals surface area contributed by atoms with E-state index in [4.69, 9.17) is 0 Å². The highest BCUT2D eigenvalue weighted by molar-refractivity contribution is 5.37. The van der Waals surface area contributed by atoms with E-state index in [1.807, 2.05) is 6.07 Å². The second-order valence-corrected chi connectivity index (χ2v) is 6.02. The molecule has 0 aliphatic heterocycles. The normalized spacial score (nSPS) is 14.4. The van der Waals surface area contributed by atoms with Crippen molar-refractivity contribution in [1.82, 2.24) is 10.2 Å². The molecule has 1 aromatic carbocycles. The highest BCUT2D eigenvalue weighted by Crippen LogP contribution is 2.25. The van der Waals surface area contributed by atoms with Gasteiger partial charge >= 0.3 is 0 Å². The number of benzene rings is 1. The van der Waals surface area contributed by atoms with E-state index >= 15 is 0 Å². The number of aromatic hydroxyl groups is 1. The van der Waals surface area contributed by atoms with Gasteiger partial charge in [0.1, 0.15) is 5.75 Å². The molecule has 0 saturated carbocycles. The second-order valence-electron chi connectivity index (χ2n) is 6.02. The molecule has 0 radical (unpaired) electrons. The van der Waals surface area contributed by atoms with Gasteiger partial charge in [0.2, 0.25) is 0 Å². The lowest BCUT2D eigenvalue weighted by Gasteiger charge is -2.23. The van der Waals surface area contributed by atoms with Crippen molar-refractivity contribution in [2.24, 2.45) is 0 Å². The van der Waals surface area contributed by atoms with Crippen molar-refractivity contribution < 1.29 is 5.11 Å². The third-order valence-corrected chi connectivity index (χ3v) is 4.19. The molecular formula is C18H32N2O. The molecule has 0 aliphatic carbocycles. The third kappa shape index (κ3) is 6.06. The fraction of sp³-hybridized carbons (Fsp3) is 0.667. The molecule has 3 heteroatoms. The zero-order chi connectivity index (χ0) is 15.8. The fourth-order valence-corrected chi connectivity index (χ4v) is 2.78. The minimum atomic E-state index is 0.174. The van der Waals surface area contributed by atoms with Crippen LogP contribution < -0.4 is 5.32 Å². The van der Waals surface area contributed by atoms with Gasteiger partial charge in [0.05, 0.1) is 0 Å². The lowest BCUT2D eigenvalue weighted by molar-refractivity contribution is 0.288. The molecule has 2 unspecified atom stereocenters. The Morgan fingerprint density at radius 3 is 2.48 bits per heavy atom. The maximum absolute atomic E-state index is 9.98. The molecule has 0 amide bonds. The molecular weight excluding hydrogens is 260 g/mol. The zero-order valence-electron chi connectivity index (χ0n) is 14.3. The smallest absolute Gasteiger partial charge is 0.120 e. The van der Waals surface area contributed by atoms with E-state index in [9.17, 15) is 5.11 Å². The maximum Gasteiger partial charge on any atom is 0.120 e. The third-order valence-electron chi connectivity index (χ3n) is 4.19. The minimum Gasteiger partial charge on any atom is -0.508 e. The number of phenolic OH excluding ortho intramolecular Hbond substituents is 1. The largest absolute Gasteiger partial charge is 0.508 e. The average molecular weight is 292 g/mol. The molecule has 120 valence electrons. The number of aryl methyl sites for hydroxylation is 1. The van der Waals surface area contributed by atoms with Crippen molar-refractivity contribution in [3.63, 3.8) is 0 Å². The van der Waals surface area contributed by atoms with Gasteiger partial charge in [0.25, 0.3) is 0 Å². The summed E-state index contributed by atoms with van der Waals surface area (Å²) in [5, 5.41) is 13.6. The van der Waals surface area contributed by atoms with E-state index < -0.39 is 0 Å². The van der Waals surface area contributed by atoms with Crippen molar-refractivity contribution in [1.29, 1.82) is 0 Å². The van der Waals surface area contributed by atoms with Crippen LogP contribution in [-0.4, -0.2) is 35.7 Å². The van der Waals surface area contributed by atoms with Crippen LogP contribution in [0.2, 0.25) is 0 Å². The molecule has 2 atom stereocenters. The summed E-state index contributed by atoms with van der Waals surface area (Å²) >= 11 is 0. The molecule has 0 heterocycles. The van der Waals surface area contributed by atoms with Crippen LogP contribution in [0.25, 0.3) is 0 Å². The van der Waals surface area contributed by atoms with Crippen LogP contribution in [0.15, 0.2) is 18.2 Å². The van der Waals surface area contributed by atoms with Crippen LogP contribution in [-0.2, 0) is 0 Å². The van der Waals surface area contributed by atoms with Crippen molar-refractivity contribution in [2.45, 2.75) is 59.5 Å². The highest BCUT2D eigenvalue weighted by atomic mass is 16.3. The van der Waals surface area contributed by atoms with Crippen molar-refractivity contribution >= 4 is 0 Å². The molecule has 0 aliphatic rings.